The Bertz CT molecular complexity index is 1010. The molecule has 0 spiro atoms. The molecule has 0 N–H and O–H groups in total. The second-order valence-corrected chi connectivity index (χ2v) is 11.9. The summed E-state index contributed by atoms with van der Waals surface area (Å²) >= 11 is 0. The maximum absolute atomic E-state index is 14.1. The molecule has 0 aliphatic heterocycles. The lowest BCUT2D eigenvalue weighted by Gasteiger charge is -2.39. The average Bonchev–Trinajstić information content (AvgIpc) is 2.81. The predicted molar refractivity (Wildman–Crippen MR) is 130 cm³/mol. The molecule has 1 nitrogen and oxygen atoms in total. The standard InChI is InChI=1S/C28H26OP.BrH/c1-28(2,27(29)23-15-7-3-8-16-23)30(24-17-9-4-10-18-24,25-19-11-5-12-20-25)26-21-13-6-14-22-26;/h3-22H,1-2H3;1H/q+1;/p-1. The summed E-state index contributed by atoms with van der Waals surface area (Å²) in [4.78, 5) is 14.1. The number of carbonyl (C=O) groups excluding carboxylic acids is 1. The van der Waals surface area contributed by atoms with Gasteiger partial charge in [0.2, 0.25) is 5.78 Å². The Labute approximate surface area is 196 Å². The lowest BCUT2D eigenvalue weighted by Crippen LogP contribution is -3.00. The third-order valence-corrected chi connectivity index (χ3v) is 11.0. The van der Waals surface area contributed by atoms with Gasteiger partial charge in [-0.05, 0) is 50.2 Å². The summed E-state index contributed by atoms with van der Waals surface area (Å²) in [6.07, 6.45) is 0. The van der Waals surface area contributed by atoms with Gasteiger partial charge in [-0.3, -0.25) is 4.79 Å². The van der Waals surface area contributed by atoms with Gasteiger partial charge in [-0.1, -0.05) is 84.9 Å². The molecule has 4 aromatic carbocycles. The molecule has 156 valence electrons. The van der Waals surface area contributed by atoms with Crippen LogP contribution in [0.25, 0.3) is 0 Å². The molecule has 0 aliphatic rings. The Balaban J connectivity index is 0.00000272. The summed E-state index contributed by atoms with van der Waals surface area (Å²) in [5, 5.41) is 3.02. The minimum Gasteiger partial charge on any atom is -1.00 e. The number of rotatable bonds is 6. The topological polar surface area (TPSA) is 17.1 Å². The number of hydrogen-bond donors (Lipinski definition) is 0. The number of Topliss-reactive ketones (excluding diaryl/α,β-unsaturated/α-hetero) is 1. The molecule has 0 unspecified atom stereocenters. The summed E-state index contributed by atoms with van der Waals surface area (Å²) in [7, 11) is -2.33. The quantitative estimate of drug-likeness (QED) is 0.301. The van der Waals surface area contributed by atoms with E-state index in [-0.39, 0.29) is 22.8 Å². The molecule has 0 heterocycles. The Hall–Kier alpha value is -2.54. The minimum atomic E-state index is -2.33. The van der Waals surface area contributed by atoms with Crippen molar-refractivity contribution in [3.8, 4) is 0 Å². The first kappa shape index (κ1) is 23.1. The van der Waals surface area contributed by atoms with Crippen molar-refractivity contribution >= 4 is 29.0 Å². The molecule has 0 atom stereocenters. The van der Waals surface area contributed by atoms with Crippen molar-refractivity contribution in [2.45, 2.75) is 19.0 Å². The molecule has 0 fully saturated rings. The van der Waals surface area contributed by atoms with Gasteiger partial charge in [-0.15, -0.1) is 0 Å². The maximum Gasteiger partial charge on any atom is 0.206 e. The lowest BCUT2D eigenvalue weighted by molar-refractivity contribution is -0.0000132. The van der Waals surface area contributed by atoms with Gasteiger partial charge in [0.05, 0.1) is 0 Å². The first-order valence-corrected chi connectivity index (χ1v) is 12.0. The zero-order valence-electron chi connectivity index (χ0n) is 17.8. The Morgan fingerprint density at radius 2 is 0.839 bits per heavy atom. The van der Waals surface area contributed by atoms with Gasteiger partial charge in [-0.25, -0.2) is 0 Å². The van der Waals surface area contributed by atoms with Gasteiger partial charge in [0.15, 0.2) is 5.16 Å². The van der Waals surface area contributed by atoms with E-state index in [0.29, 0.717) is 0 Å². The van der Waals surface area contributed by atoms with E-state index < -0.39 is 12.4 Å². The Morgan fingerprint density at radius 3 is 1.16 bits per heavy atom. The van der Waals surface area contributed by atoms with Crippen LogP contribution < -0.4 is 32.9 Å². The largest absolute Gasteiger partial charge is 1.00 e. The van der Waals surface area contributed by atoms with E-state index in [0.717, 1.165) is 5.56 Å². The van der Waals surface area contributed by atoms with E-state index >= 15 is 0 Å². The van der Waals surface area contributed by atoms with Crippen LogP contribution in [0.5, 0.6) is 0 Å². The second-order valence-electron chi connectivity index (χ2n) is 7.93. The smallest absolute Gasteiger partial charge is 0.206 e. The van der Waals surface area contributed by atoms with E-state index in [1.807, 2.05) is 48.5 Å². The predicted octanol–water partition coefficient (Wildman–Crippen LogP) is 2.65. The van der Waals surface area contributed by atoms with Gasteiger partial charge in [0.25, 0.3) is 0 Å². The summed E-state index contributed by atoms with van der Waals surface area (Å²) in [5.41, 5.74) is 0.759. The summed E-state index contributed by atoms with van der Waals surface area (Å²) in [5.74, 6) is 0.174. The van der Waals surface area contributed by atoms with Crippen molar-refractivity contribution in [1.82, 2.24) is 0 Å². The Morgan fingerprint density at radius 1 is 0.548 bits per heavy atom. The normalized spacial score (nSPS) is 11.4. The van der Waals surface area contributed by atoms with Crippen LogP contribution >= 0.6 is 7.26 Å². The molecule has 4 aromatic rings. The lowest BCUT2D eigenvalue weighted by atomic mass is 10.0. The van der Waals surface area contributed by atoms with Crippen LogP contribution in [0.1, 0.15) is 24.2 Å². The van der Waals surface area contributed by atoms with Crippen LogP contribution in [-0.4, -0.2) is 10.9 Å². The summed E-state index contributed by atoms with van der Waals surface area (Å²) in [6, 6.07) is 41.4. The molecule has 3 heteroatoms. The monoisotopic (exact) mass is 488 g/mol. The van der Waals surface area contributed by atoms with Crippen molar-refractivity contribution in [1.29, 1.82) is 0 Å². The fourth-order valence-corrected chi connectivity index (χ4v) is 9.59. The molecule has 0 saturated carbocycles. The van der Waals surface area contributed by atoms with Crippen molar-refractivity contribution in [2.24, 2.45) is 0 Å². The number of hydrogen-bond acceptors (Lipinski definition) is 1. The zero-order valence-corrected chi connectivity index (χ0v) is 20.3. The Kier molecular flexibility index (Phi) is 7.26. The minimum absolute atomic E-state index is 0. The highest BCUT2D eigenvalue weighted by Gasteiger charge is 2.61. The molecular weight excluding hydrogens is 463 g/mol. The molecule has 0 amide bonds. The highest BCUT2D eigenvalue weighted by atomic mass is 79.9. The first-order chi connectivity index (χ1) is 14.6. The van der Waals surface area contributed by atoms with Gasteiger partial charge in [0.1, 0.15) is 23.2 Å². The molecule has 0 saturated heterocycles. The van der Waals surface area contributed by atoms with E-state index in [9.17, 15) is 4.79 Å². The van der Waals surface area contributed by atoms with Crippen LogP contribution in [0, 0.1) is 0 Å². The fraction of sp³-hybridized carbons (Fsp3) is 0.107. The van der Waals surface area contributed by atoms with Crippen LogP contribution in [0.15, 0.2) is 121 Å². The first-order valence-electron chi connectivity index (χ1n) is 10.2. The van der Waals surface area contributed by atoms with Gasteiger partial charge in [-0.2, -0.15) is 0 Å². The highest BCUT2D eigenvalue weighted by Crippen LogP contribution is 2.66. The van der Waals surface area contributed by atoms with Gasteiger partial charge < -0.3 is 17.0 Å². The van der Waals surface area contributed by atoms with Crippen LogP contribution in [-0.2, 0) is 0 Å². The molecule has 0 aromatic heterocycles. The van der Waals surface area contributed by atoms with Crippen molar-refractivity contribution in [3.05, 3.63) is 127 Å². The fourth-order valence-electron chi connectivity index (χ4n) is 4.47. The number of benzene rings is 4. The molecule has 31 heavy (non-hydrogen) atoms. The van der Waals surface area contributed by atoms with E-state index in [4.69, 9.17) is 0 Å². The molecule has 0 aliphatic carbocycles. The third kappa shape index (κ3) is 4.03. The number of ketones is 1. The SMILES string of the molecule is CC(C)(C(=O)c1ccccc1)[P+](c1ccccc1)(c1ccccc1)c1ccccc1.[Br-]. The molecule has 0 radical (unpaired) electrons. The maximum atomic E-state index is 14.1. The zero-order chi connectivity index (χ0) is 21.0. The van der Waals surface area contributed by atoms with Crippen LogP contribution in [0.4, 0.5) is 0 Å². The van der Waals surface area contributed by atoms with Crippen molar-refractivity contribution in [2.75, 3.05) is 0 Å². The van der Waals surface area contributed by atoms with Crippen LogP contribution in [0.2, 0.25) is 0 Å². The molecule has 0 bridgehead atoms. The van der Waals surface area contributed by atoms with Crippen molar-refractivity contribution < 1.29 is 21.8 Å². The van der Waals surface area contributed by atoms with Gasteiger partial charge >= 0.3 is 0 Å². The van der Waals surface area contributed by atoms with Crippen molar-refractivity contribution in [3.63, 3.8) is 0 Å². The van der Waals surface area contributed by atoms with E-state index in [1.165, 1.54) is 15.9 Å². The molecular formula is C28H26BrOP. The number of carbonyl (C=O) groups is 1. The second kappa shape index (κ2) is 9.73. The van der Waals surface area contributed by atoms with Gasteiger partial charge in [0, 0.05) is 5.56 Å². The third-order valence-electron chi connectivity index (χ3n) is 5.86. The number of halogens is 1. The summed E-state index contributed by atoms with van der Waals surface area (Å²) < 4.78 is 0. The van der Waals surface area contributed by atoms with E-state index in [2.05, 4.69) is 86.6 Å². The summed E-state index contributed by atoms with van der Waals surface area (Å²) in [6.45, 7) is 4.26. The average molecular weight is 489 g/mol. The highest BCUT2D eigenvalue weighted by molar-refractivity contribution is 7.97. The van der Waals surface area contributed by atoms with Crippen LogP contribution in [0.3, 0.4) is 0 Å². The molecule has 4 rings (SSSR count). The van der Waals surface area contributed by atoms with E-state index in [1.54, 1.807) is 0 Å².